The van der Waals surface area contributed by atoms with Gasteiger partial charge in [-0.05, 0) is 27.7 Å². The van der Waals surface area contributed by atoms with Crippen LogP contribution in [0.5, 0.6) is 0 Å². The van der Waals surface area contributed by atoms with Crippen molar-refractivity contribution in [3.8, 4) is 0 Å². The van der Waals surface area contributed by atoms with Crippen molar-refractivity contribution in [2.24, 2.45) is 0 Å². The van der Waals surface area contributed by atoms with Gasteiger partial charge in [0.15, 0.2) is 0 Å². The lowest BCUT2D eigenvalue weighted by molar-refractivity contribution is -0.148. The fraction of sp³-hybridized carbons (Fsp3) is 0.900. The molecular weight excluding hydrogens is 204 g/mol. The predicted octanol–water partition coefficient (Wildman–Crippen LogP) is 2.36. The molecule has 0 heterocycles. The molecule has 0 bridgehead atoms. The van der Waals surface area contributed by atoms with Crippen LogP contribution in [0, 0.1) is 0 Å². The van der Waals surface area contributed by atoms with E-state index >= 15 is 0 Å². The second-order valence-corrected chi connectivity index (χ2v) is 4.32. The Balaban J connectivity index is 3.97. The summed E-state index contributed by atoms with van der Waals surface area (Å²) in [4.78, 5) is 11.1. The van der Waals surface area contributed by atoms with E-state index in [0.717, 1.165) is 0 Å². The lowest BCUT2D eigenvalue weighted by atomic mass is 10.1. The van der Waals surface area contributed by atoms with Crippen molar-refractivity contribution in [3.63, 3.8) is 0 Å². The van der Waals surface area contributed by atoms with Crippen LogP contribution in [-0.4, -0.2) is 30.2 Å². The number of halogens is 1. The molecule has 3 nitrogen and oxygen atoms in total. The van der Waals surface area contributed by atoms with Crippen LogP contribution in [-0.2, 0) is 14.3 Å². The minimum absolute atomic E-state index is 0.217. The number of hydrogen-bond donors (Lipinski definition) is 0. The summed E-state index contributed by atoms with van der Waals surface area (Å²) < 4.78 is 10.4. The van der Waals surface area contributed by atoms with E-state index in [1.165, 1.54) is 0 Å². The average Bonchev–Trinajstić information content (AvgIpc) is 2.01. The van der Waals surface area contributed by atoms with E-state index in [-0.39, 0.29) is 24.1 Å². The highest BCUT2D eigenvalue weighted by Crippen LogP contribution is 2.14. The van der Waals surface area contributed by atoms with Gasteiger partial charge in [0.1, 0.15) is 0 Å². The third-order valence-electron chi connectivity index (χ3n) is 1.39. The van der Waals surface area contributed by atoms with Gasteiger partial charge < -0.3 is 9.47 Å². The molecule has 0 aliphatic carbocycles. The summed E-state index contributed by atoms with van der Waals surface area (Å²) in [6.45, 7) is 7.95. The van der Waals surface area contributed by atoms with Gasteiger partial charge in [0.25, 0.3) is 0 Å². The van der Waals surface area contributed by atoms with Crippen molar-refractivity contribution in [1.82, 2.24) is 0 Å². The van der Waals surface area contributed by atoms with E-state index < -0.39 is 0 Å². The van der Waals surface area contributed by atoms with Gasteiger partial charge >= 0.3 is 5.97 Å². The highest BCUT2D eigenvalue weighted by atomic mass is 35.5. The molecule has 0 spiro atoms. The Morgan fingerprint density at radius 1 is 1.43 bits per heavy atom. The number of hydrogen-bond acceptors (Lipinski definition) is 3. The van der Waals surface area contributed by atoms with Gasteiger partial charge in [0.2, 0.25) is 0 Å². The fourth-order valence-corrected chi connectivity index (χ4v) is 1.21. The number of rotatable bonds is 5. The van der Waals surface area contributed by atoms with E-state index in [9.17, 15) is 4.79 Å². The first-order chi connectivity index (χ1) is 6.39. The van der Waals surface area contributed by atoms with E-state index in [1.54, 1.807) is 6.92 Å². The van der Waals surface area contributed by atoms with Gasteiger partial charge in [-0.1, -0.05) is 0 Å². The zero-order valence-corrected chi connectivity index (χ0v) is 10.1. The van der Waals surface area contributed by atoms with Crippen molar-refractivity contribution in [2.45, 2.75) is 45.8 Å². The maximum Gasteiger partial charge on any atom is 0.308 e. The molecule has 0 radical (unpaired) electrons. The lowest BCUT2D eigenvalue weighted by Crippen LogP contribution is -2.30. The van der Waals surface area contributed by atoms with E-state index in [4.69, 9.17) is 21.1 Å². The monoisotopic (exact) mass is 222 g/mol. The molecule has 0 saturated heterocycles. The van der Waals surface area contributed by atoms with Crippen molar-refractivity contribution in [2.75, 3.05) is 12.5 Å². The summed E-state index contributed by atoms with van der Waals surface area (Å²) in [5.41, 5.74) is -0.286. The summed E-state index contributed by atoms with van der Waals surface area (Å²) in [7, 11) is 0. The van der Waals surface area contributed by atoms with Crippen LogP contribution >= 0.6 is 11.6 Å². The van der Waals surface area contributed by atoms with Crippen LogP contribution in [0.3, 0.4) is 0 Å². The van der Waals surface area contributed by atoms with Crippen LogP contribution in [0.2, 0.25) is 0 Å². The molecular formula is C10H19ClO3. The molecule has 0 aromatic heterocycles. The zero-order valence-electron chi connectivity index (χ0n) is 9.30. The van der Waals surface area contributed by atoms with Gasteiger partial charge in [-0.15, -0.1) is 11.6 Å². The van der Waals surface area contributed by atoms with Crippen molar-refractivity contribution in [3.05, 3.63) is 0 Å². The van der Waals surface area contributed by atoms with Crippen LogP contribution in [0.25, 0.3) is 0 Å². The third-order valence-corrected chi connectivity index (χ3v) is 1.74. The summed E-state index contributed by atoms with van der Waals surface area (Å²) in [6.07, 6.45) is -0.0510. The molecule has 14 heavy (non-hydrogen) atoms. The molecule has 0 saturated carbocycles. The Hall–Kier alpha value is -0.280. The molecule has 0 N–H and O–H groups in total. The van der Waals surface area contributed by atoms with Crippen LogP contribution in [0.4, 0.5) is 0 Å². The SMILES string of the molecule is CCOC(=O)CC(CCl)OC(C)(C)C. The first kappa shape index (κ1) is 13.7. The van der Waals surface area contributed by atoms with Crippen LogP contribution < -0.4 is 0 Å². The molecule has 0 fully saturated rings. The van der Waals surface area contributed by atoms with Crippen LogP contribution in [0.15, 0.2) is 0 Å². The number of carbonyl (C=O) groups excluding carboxylic acids is 1. The molecule has 0 amide bonds. The van der Waals surface area contributed by atoms with Gasteiger partial charge in [0, 0.05) is 5.88 Å². The first-order valence-electron chi connectivity index (χ1n) is 4.78. The number of carbonyl (C=O) groups is 1. The Morgan fingerprint density at radius 3 is 2.36 bits per heavy atom. The second-order valence-electron chi connectivity index (χ2n) is 4.02. The molecule has 0 aliphatic rings. The van der Waals surface area contributed by atoms with E-state index in [2.05, 4.69) is 0 Å². The quantitative estimate of drug-likeness (QED) is 0.529. The number of alkyl halides is 1. The van der Waals surface area contributed by atoms with E-state index in [1.807, 2.05) is 20.8 Å². The molecule has 0 aromatic rings. The molecule has 1 unspecified atom stereocenters. The van der Waals surface area contributed by atoms with Crippen LogP contribution in [0.1, 0.15) is 34.1 Å². The van der Waals surface area contributed by atoms with Gasteiger partial charge in [0.05, 0.1) is 24.7 Å². The minimum Gasteiger partial charge on any atom is -0.466 e. The topological polar surface area (TPSA) is 35.5 Å². The number of ether oxygens (including phenoxy) is 2. The third kappa shape index (κ3) is 7.15. The molecule has 1 atom stereocenters. The Kier molecular flexibility index (Phi) is 6.12. The molecule has 84 valence electrons. The normalized spacial score (nSPS) is 13.8. The van der Waals surface area contributed by atoms with Crippen molar-refractivity contribution < 1.29 is 14.3 Å². The molecule has 4 heteroatoms. The summed E-state index contributed by atoms with van der Waals surface area (Å²) in [6, 6.07) is 0. The summed E-state index contributed by atoms with van der Waals surface area (Å²) in [5.74, 6) is 0.0400. The summed E-state index contributed by atoms with van der Waals surface area (Å²) >= 11 is 5.69. The average molecular weight is 223 g/mol. The summed E-state index contributed by atoms with van der Waals surface area (Å²) in [5, 5.41) is 0. The standard InChI is InChI=1S/C10H19ClO3/c1-5-13-9(12)6-8(7-11)14-10(2,3)4/h8H,5-7H2,1-4H3. The van der Waals surface area contributed by atoms with Gasteiger partial charge in [-0.2, -0.15) is 0 Å². The Bertz CT molecular complexity index is 175. The fourth-order valence-electron chi connectivity index (χ4n) is 1.03. The van der Waals surface area contributed by atoms with Crippen molar-refractivity contribution in [1.29, 1.82) is 0 Å². The largest absolute Gasteiger partial charge is 0.466 e. The highest BCUT2D eigenvalue weighted by molar-refractivity contribution is 6.18. The minimum atomic E-state index is -0.286. The second kappa shape index (κ2) is 6.25. The Morgan fingerprint density at radius 2 is 2.00 bits per heavy atom. The highest BCUT2D eigenvalue weighted by Gasteiger charge is 2.21. The van der Waals surface area contributed by atoms with Crippen molar-refractivity contribution >= 4 is 17.6 Å². The predicted molar refractivity (Wildman–Crippen MR) is 56.6 cm³/mol. The molecule has 0 aliphatic heterocycles. The first-order valence-corrected chi connectivity index (χ1v) is 5.32. The maximum absolute atomic E-state index is 11.1. The van der Waals surface area contributed by atoms with Gasteiger partial charge in [-0.25, -0.2) is 0 Å². The molecule has 0 aromatic carbocycles. The molecule has 0 rings (SSSR count). The maximum atomic E-state index is 11.1. The smallest absolute Gasteiger partial charge is 0.308 e. The zero-order chi connectivity index (χ0) is 11.2. The van der Waals surface area contributed by atoms with E-state index in [0.29, 0.717) is 12.5 Å². The number of esters is 1. The van der Waals surface area contributed by atoms with Gasteiger partial charge in [-0.3, -0.25) is 4.79 Å². The Labute approximate surface area is 90.7 Å². The lowest BCUT2D eigenvalue weighted by Gasteiger charge is -2.25.